The molecule has 2 aliphatic rings. The van der Waals surface area contributed by atoms with E-state index in [9.17, 15) is 4.79 Å². The van der Waals surface area contributed by atoms with E-state index in [-0.39, 0.29) is 35.5 Å². The van der Waals surface area contributed by atoms with Gasteiger partial charge in [-0.2, -0.15) is 0 Å². The van der Waals surface area contributed by atoms with Crippen LogP contribution in [0.2, 0.25) is 0 Å². The van der Waals surface area contributed by atoms with Gasteiger partial charge in [0.05, 0.1) is 13.7 Å². The fourth-order valence-electron chi connectivity index (χ4n) is 4.63. The molecule has 0 aromatic heterocycles. The van der Waals surface area contributed by atoms with Crippen molar-refractivity contribution in [2.45, 2.75) is 56.9 Å². The Morgan fingerprint density at radius 1 is 1.26 bits per heavy atom. The summed E-state index contributed by atoms with van der Waals surface area (Å²) in [5, 5.41) is 7.13. The van der Waals surface area contributed by atoms with Crippen molar-refractivity contribution in [2.75, 3.05) is 40.4 Å². The molecular formula is C23H37IN4O3. The Labute approximate surface area is 203 Å². The number of benzene rings is 1. The van der Waals surface area contributed by atoms with Gasteiger partial charge in [-0.1, -0.05) is 25.0 Å². The van der Waals surface area contributed by atoms with Crippen LogP contribution in [0, 0.1) is 0 Å². The number of guanidine groups is 1. The van der Waals surface area contributed by atoms with E-state index in [1.54, 1.807) is 12.0 Å². The van der Waals surface area contributed by atoms with Crippen LogP contribution >= 0.6 is 24.0 Å². The van der Waals surface area contributed by atoms with Crippen LogP contribution in [0.1, 0.15) is 51.0 Å². The standard InChI is InChI=1S/C23H36N4O3.HI/c1-4-30-22(28)27-14-10-19(11-15-27)26-21(24-2)25-17-23(12-5-6-13-23)18-8-7-9-20(16-18)29-3;/h7-9,16,19H,4-6,10-15,17H2,1-3H3,(H2,24,25,26);1H. The van der Waals surface area contributed by atoms with Gasteiger partial charge < -0.3 is 25.0 Å². The molecule has 0 atom stereocenters. The Morgan fingerprint density at radius 2 is 1.97 bits per heavy atom. The van der Waals surface area contributed by atoms with Crippen molar-refractivity contribution in [3.05, 3.63) is 29.8 Å². The van der Waals surface area contributed by atoms with Crippen molar-refractivity contribution in [3.63, 3.8) is 0 Å². The Kier molecular flexibility index (Phi) is 10.2. The smallest absolute Gasteiger partial charge is 0.409 e. The molecule has 0 spiro atoms. The first-order valence-electron chi connectivity index (χ1n) is 11.1. The average Bonchev–Trinajstić information content (AvgIpc) is 3.27. The summed E-state index contributed by atoms with van der Waals surface area (Å²) in [6.45, 7) is 4.52. The molecule has 0 unspecified atom stereocenters. The van der Waals surface area contributed by atoms with Crippen molar-refractivity contribution in [1.82, 2.24) is 15.5 Å². The van der Waals surface area contributed by atoms with Gasteiger partial charge in [-0.3, -0.25) is 4.99 Å². The first-order chi connectivity index (χ1) is 14.6. The number of halogens is 1. The number of ether oxygens (including phenoxy) is 2. The Balaban J connectivity index is 0.00000341. The van der Waals surface area contributed by atoms with Crippen molar-refractivity contribution in [2.24, 2.45) is 4.99 Å². The molecule has 1 aromatic carbocycles. The lowest BCUT2D eigenvalue weighted by Crippen LogP contribution is -2.51. The molecule has 1 saturated carbocycles. The molecule has 8 heteroatoms. The zero-order valence-electron chi connectivity index (χ0n) is 19.0. The van der Waals surface area contributed by atoms with E-state index in [4.69, 9.17) is 9.47 Å². The van der Waals surface area contributed by atoms with Crippen LogP contribution in [0.4, 0.5) is 4.79 Å². The van der Waals surface area contributed by atoms with Gasteiger partial charge in [-0.15, -0.1) is 24.0 Å². The molecule has 174 valence electrons. The van der Waals surface area contributed by atoms with Crippen LogP contribution in [-0.2, 0) is 10.2 Å². The van der Waals surface area contributed by atoms with Crippen LogP contribution in [0.3, 0.4) is 0 Å². The zero-order valence-corrected chi connectivity index (χ0v) is 21.3. The van der Waals surface area contributed by atoms with E-state index in [1.165, 1.54) is 31.2 Å². The summed E-state index contributed by atoms with van der Waals surface area (Å²) >= 11 is 0. The van der Waals surface area contributed by atoms with E-state index >= 15 is 0 Å². The van der Waals surface area contributed by atoms with E-state index in [2.05, 4.69) is 33.8 Å². The number of methoxy groups -OCH3 is 1. The minimum absolute atomic E-state index is 0. The molecule has 0 radical (unpaired) electrons. The van der Waals surface area contributed by atoms with E-state index in [1.807, 2.05) is 20.0 Å². The number of aliphatic imine (C=N–C) groups is 1. The maximum Gasteiger partial charge on any atom is 0.409 e. The minimum Gasteiger partial charge on any atom is -0.497 e. The molecule has 1 aliphatic carbocycles. The maximum absolute atomic E-state index is 11.9. The molecule has 1 aromatic rings. The molecule has 31 heavy (non-hydrogen) atoms. The molecule has 1 amide bonds. The van der Waals surface area contributed by atoms with Gasteiger partial charge in [0, 0.05) is 38.1 Å². The third-order valence-corrected chi connectivity index (χ3v) is 6.42. The highest BCUT2D eigenvalue weighted by atomic mass is 127. The lowest BCUT2D eigenvalue weighted by atomic mass is 9.78. The molecular weight excluding hydrogens is 507 g/mol. The largest absolute Gasteiger partial charge is 0.497 e. The summed E-state index contributed by atoms with van der Waals surface area (Å²) in [6.07, 6.45) is 6.40. The van der Waals surface area contributed by atoms with Gasteiger partial charge in [-0.05, 0) is 50.3 Å². The highest BCUT2D eigenvalue weighted by Crippen LogP contribution is 2.41. The number of rotatable bonds is 6. The fraction of sp³-hybridized carbons (Fsp3) is 0.652. The van der Waals surface area contributed by atoms with Crippen molar-refractivity contribution >= 4 is 36.0 Å². The van der Waals surface area contributed by atoms with Crippen LogP contribution in [0.15, 0.2) is 29.3 Å². The van der Waals surface area contributed by atoms with Crippen molar-refractivity contribution < 1.29 is 14.3 Å². The number of carbonyl (C=O) groups excluding carboxylic acids is 1. The molecule has 1 aliphatic heterocycles. The highest BCUT2D eigenvalue weighted by molar-refractivity contribution is 14.0. The summed E-state index contributed by atoms with van der Waals surface area (Å²) in [7, 11) is 3.54. The SMILES string of the molecule is CCOC(=O)N1CCC(NC(=NC)NCC2(c3cccc(OC)c3)CCCC2)CC1.I. The Morgan fingerprint density at radius 3 is 2.58 bits per heavy atom. The zero-order chi connectivity index (χ0) is 21.4. The predicted octanol–water partition coefficient (Wildman–Crippen LogP) is 3.91. The van der Waals surface area contributed by atoms with Crippen LogP contribution in [-0.4, -0.2) is 63.4 Å². The van der Waals surface area contributed by atoms with E-state index in [0.717, 1.165) is 31.1 Å². The van der Waals surface area contributed by atoms with Crippen molar-refractivity contribution in [1.29, 1.82) is 0 Å². The van der Waals surface area contributed by atoms with Gasteiger partial charge in [0.25, 0.3) is 0 Å². The number of hydrogen-bond acceptors (Lipinski definition) is 4. The lowest BCUT2D eigenvalue weighted by Gasteiger charge is -2.34. The number of likely N-dealkylation sites (tertiary alicyclic amines) is 1. The molecule has 3 rings (SSSR count). The lowest BCUT2D eigenvalue weighted by molar-refractivity contribution is 0.0963. The van der Waals surface area contributed by atoms with E-state index < -0.39 is 0 Å². The molecule has 1 saturated heterocycles. The maximum atomic E-state index is 11.9. The summed E-state index contributed by atoms with van der Waals surface area (Å²) < 4.78 is 10.6. The molecule has 1 heterocycles. The normalized spacial score (nSPS) is 18.8. The van der Waals surface area contributed by atoms with Crippen LogP contribution in [0.5, 0.6) is 5.75 Å². The molecule has 7 nitrogen and oxygen atoms in total. The Bertz CT molecular complexity index is 729. The predicted molar refractivity (Wildman–Crippen MR) is 135 cm³/mol. The number of nitrogens with zero attached hydrogens (tertiary/aromatic N) is 2. The van der Waals surface area contributed by atoms with Gasteiger partial charge in [0.1, 0.15) is 5.75 Å². The minimum atomic E-state index is -0.208. The summed E-state index contributed by atoms with van der Waals surface area (Å²) in [6, 6.07) is 8.78. The second-order valence-corrected chi connectivity index (χ2v) is 8.25. The number of carbonyl (C=O) groups is 1. The summed E-state index contributed by atoms with van der Waals surface area (Å²) in [5.41, 5.74) is 1.45. The second kappa shape index (κ2) is 12.4. The first kappa shape index (κ1) is 25.5. The van der Waals surface area contributed by atoms with Gasteiger partial charge in [-0.25, -0.2) is 4.79 Å². The van der Waals surface area contributed by atoms with Gasteiger partial charge in [0.15, 0.2) is 5.96 Å². The number of piperidine rings is 1. The average molecular weight is 544 g/mol. The third-order valence-electron chi connectivity index (χ3n) is 6.42. The summed E-state index contributed by atoms with van der Waals surface area (Å²) in [4.78, 5) is 18.1. The number of nitrogens with one attached hydrogen (secondary N) is 2. The Hall–Kier alpha value is -1.71. The molecule has 2 fully saturated rings. The van der Waals surface area contributed by atoms with E-state index in [0.29, 0.717) is 25.7 Å². The quantitative estimate of drug-likeness (QED) is 0.323. The van der Waals surface area contributed by atoms with Gasteiger partial charge >= 0.3 is 6.09 Å². The third kappa shape index (κ3) is 6.63. The fourth-order valence-corrected chi connectivity index (χ4v) is 4.63. The number of hydrogen-bond donors (Lipinski definition) is 2. The molecule has 0 bridgehead atoms. The summed E-state index contributed by atoms with van der Waals surface area (Å²) in [5.74, 6) is 1.74. The van der Waals surface area contributed by atoms with Crippen LogP contribution < -0.4 is 15.4 Å². The van der Waals surface area contributed by atoms with Crippen molar-refractivity contribution in [3.8, 4) is 5.75 Å². The molecule has 2 N–H and O–H groups in total. The monoisotopic (exact) mass is 544 g/mol. The topological polar surface area (TPSA) is 75.2 Å². The number of amides is 1. The van der Waals surface area contributed by atoms with Crippen LogP contribution in [0.25, 0.3) is 0 Å². The highest BCUT2D eigenvalue weighted by Gasteiger charge is 2.36. The van der Waals surface area contributed by atoms with Gasteiger partial charge in [0.2, 0.25) is 0 Å². The second-order valence-electron chi connectivity index (χ2n) is 8.25. The first-order valence-corrected chi connectivity index (χ1v) is 11.1.